The Morgan fingerprint density at radius 3 is 2.83 bits per heavy atom. The second-order valence-electron chi connectivity index (χ2n) is 5.03. The van der Waals surface area contributed by atoms with E-state index in [1.54, 1.807) is 11.3 Å². The second kappa shape index (κ2) is 5.41. The number of halogens is 1. The lowest BCUT2D eigenvalue weighted by molar-refractivity contribution is 0.568. The Bertz CT molecular complexity index is 521. The maximum Gasteiger partial charge on any atom is 0.128 e. The van der Waals surface area contributed by atoms with Crippen molar-refractivity contribution in [3.05, 3.63) is 44.7 Å². The van der Waals surface area contributed by atoms with Crippen LogP contribution in [0, 0.1) is 6.92 Å². The third-order valence-electron chi connectivity index (χ3n) is 2.93. The molecule has 2 aromatic heterocycles. The Kier molecular flexibility index (Phi) is 4.07. The Morgan fingerprint density at radius 1 is 1.44 bits per heavy atom. The molecule has 0 amide bonds. The number of rotatable bonds is 4. The summed E-state index contributed by atoms with van der Waals surface area (Å²) in [5, 5.41) is 5.57. The number of anilines is 1. The molecule has 0 saturated heterocycles. The standard InChI is InChI=1S/C14H17BrN2S/c1-10-7-11(15)8-16-13(10)17-9-14(2,3)12-5-4-6-18-12/h4-8H,9H2,1-3H3,(H,16,17). The molecule has 0 fully saturated rings. The van der Waals surface area contributed by atoms with Crippen LogP contribution in [0.5, 0.6) is 0 Å². The number of hydrogen-bond donors (Lipinski definition) is 1. The van der Waals surface area contributed by atoms with Crippen molar-refractivity contribution in [3.8, 4) is 0 Å². The SMILES string of the molecule is Cc1cc(Br)cnc1NCC(C)(C)c1cccs1. The smallest absolute Gasteiger partial charge is 0.128 e. The highest BCUT2D eigenvalue weighted by atomic mass is 79.9. The van der Waals surface area contributed by atoms with Crippen molar-refractivity contribution in [1.29, 1.82) is 0 Å². The predicted molar refractivity (Wildman–Crippen MR) is 82.5 cm³/mol. The minimum Gasteiger partial charge on any atom is -0.369 e. The van der Waals surface area contributed by atoms with E-state index in [-0.39, 0.29) is 5.41 Å². The van der Waals surface area contributed by atoms with Gasteiger partial charge in [0.15, 0.2) is 0 Å². The molecule has 0 saturated carbocycles. The first kappa shape index (κ1) is 13.6. The summed E-state index contributed by atoms with van der Waals surface area (Å²) < 4.78 is 1.02. The number of pyridine rings is 1. The molecule has 2 heterocycles. The highest BCUT2D eigenvalue weighted by molar-refractivity contribution is 9.10. The van der Waals surface area contributed by atoms with Gasteiger partial charge in [-0.05, 0) is 45.9 Å². The van der Waals surface area contributed by atoms with Gasteiger partial charge in [-0.25, -0.2) is 4.98 Å². The molecule has 0 atom stereocenters. The largest absolute Gasteiger partial charge is 0.369 e. The van der Waals surface area contributed by atoms with E-state index in [0.29, 0.717) is 0 Å². The van der Waals surface area contributed by atoms with Crippen LogP contribution in [0.15, 0.2) is 34.2 Å². The average molecular weight is 325 g/mol. The van der Waals surface area contributed by atoms with Gasteiger partial charge in [-0.1, -0.05) is 19.9 Å². The second-order valence-corrected chi connectivity index (χ2v) is 6.90. The normalized spacial score (nSPS) is 11.6. The number of aryl methyl sites for hydroxylation is 1. The first-order valence-electron chi connectivity index (χ1n) is 5.89. The molecule has 0 aliphatic carbocycles. The Hall–Kier alpha value is -0.870. The van der Waals surface area contributed by atoms with E-state index in [9.17, 15) is 0 Å². The fourth-order valence-corrected chi connectivity index (χ4v) is 3.08. The minimum absolute atomic E-state index is 0.120. The third kappa shape index (κ3) is 3.12. The summed E-state index contributed by atoms with van der Waals surface area (Å²) in [6.45, 7) is 7.45. The van der Waals surface area contributed by atoms with Crippen LogP contribution in [0.3, 0.4) is 0 Å². The number of nitrogens with one attached hydrogen (secondary N) is 1. The zero-order valence-electron chi connectivity index (χ0n) is 10.8. The van der Waals surface area contributed by atoms with Gasteiger partial charge in [0.1, 0.15) is 5.82 Å². The zero-order chi connectivity index (χ0) is 13.2. The molecule has 0 unspecified atom stereocenters. The number of thiophene rings is 1. The summed E-state index contributed by atoms with van der Waals surface area (Å²) in [6, 6.07) is 6.37. The van der Waals surface area contributed by atoms with Gasteiger partial charge in [-0.2, -0.15) is 0 Å². The van der Waals surface area contributed by atoms with Crippen molar-refractivity contribution in [2.45, 2.75) is 26.2 Å². The van der Waals surface area contributed by atoms with Crippen LogP contribution >= 0.6 is 27.3 Å². The molecular formula is C14H17BrN2S. The Labute approximate surface area is 121 Å². The molecule has 1 N–H and O–H groups in total. The van der Waals surface area contributed by atoms with Crippen molar-refractivity contribution in [1.82, 2.24) is 4.98 Å². The fourth-order valence-electron chi connectivity index (χ4n) is 1.78. The molecule has 0 bridgehead atoms. The molecule has 0 aromatic carbocycles. The van der Waals surface area contributed by atoms with Crippen LogP contribution in [-0.2, 0) is 5.41 Å². The first-order chi connectivity index (χ1) is 8.49. The maximum absolute atomic E-state index is 4.41. The molecule has 0 spiro atoms. The van der Waals surface area contributed by atoms with Crippen molar-refractivity contribution >= 4 is 33.1 Å². The Morgan fingerprint density at radius 2 is 2.22 bits per heavy atom. The fraction of sp³-hybridized carbons (Fsp3) is 0.357. The van der Waals surface area contributed by atoms with Crippen LogP contribution in [0.25, 0.3) is 0 Å². The summed E-state index contributed by atoms with van der Waals surface area (Å²) in [5.74, 6) is 0.961. The van der Waals surface area contributed by atoms with Crippen LogP contribution in [-0.4, -0.2) is 11.5 Å². The van der Waals surface area contributed by atoms with Crippen LogP contribution in [0.2, 0.25) is 0 Å². The number of nitrogens with zero attached hydrogens (tertiary/aromatic N) is 1. The van der Waals surface area contributed by atoms with Gasteiger partial charge in [0.2, 0.25) is 0 Å². The van der Waals surface area contributed by atoms with E-state index in [2.05, 4.69) is 70.6 Å². The minimum atomic E-state index is 0.120. The molecule has 0 aliphatic rings. The van der Waals surface area contributed by atoms with E-state index in [1.807, 2.05) is 6.20 Å². The van der Waals surface area contributed by atoms with E-state index in [1.165, 1.54) is 4.88 Å². The summed E-state index contributed by atoms with van der Waals surface area (Å²) >= 11 is 5.23. The number of hydrogen-bond acceptors (Lipinski definition) is 3. The third-order valence-corrected chi connectivity index (χ3v) is 4.60. The predicted octanol–water partition coefficient (Wildman–Crippen LogP) is 4.60. The van der Waals surface area contributed by atoms with Gasteiger partial charge >= 0.3 is 0 Å². The summed E-state index contributed by atoms with van der Waals surface area (Å²) in [7, 11) is 0. The average Bonchev–Trinajstić information content (AvgIpc) is 2.82. The molecule has 0 aliphatic heterocycles. The Balaban J connectivity index is 2.07. The summed E-state index contributed by atoms with van der Waals surface area (Å²) in [4.78, 5) is 5.80. The lowest BCUT2D eigenvalue weighted by Crippen LogP contribution is -2.27. The van der Waals surface area contributed by atoms with Crippen molar-refractivity contribution < 1.29 is 0 Å². The van der Waals surface area contributed by atoms with E-state index < -0.39 is 0 Å². The first-order valence-corrected chi connectivity index (χ1v) is 7.56. The molecule has 18 heavy (non-hydrogen) atoms. The molecule has 0 radical (unpaired) electrons. The molecule has 4 heteroatoms. The zero-order valence-corrected chi connectivity index (χ0v) is 13.2. The lowest BCUT2D eigenvalue weighted by atomic mass is 9.91. The van der Waals surface area contributed by atoms with Gasteiger partial charge in [0.05, 0.1) is 0 Å². The quantitative estimate of drug-likeness (QED) is 0.888. The monoisotopic (exact) mass is 324 g/mol. The van der Waals surface area contributed by atoms with Gasteiger partial charge < -0.3 is 5.32 Å². The van der Waals surface area contributed by atoms with E-state index >= 15 is 0 Å². The highest BCUT2D eigenvalue weighted by Crippen LogP contribution is 2.28. The highest BCUT2D eigenvalue weighted by Gasteiger charge is 2.21. The molecule has 2 nitrogen and oxygen atoms in total. The van der Waals surface area contributed by atoms with Crippen LogP contribution in [0.1, 0.15) is 24.3 Å². The topological polar surface area (TPSA) is 24.9 Å². The van der Waals surface area contributed by atoms with Crippen molar-refractivity contribution in [2.24, 2.45) is 0 Å². The van der Waals surface area contributed by atoms with Crippen LogP contribution < -0.4 is 5.32 Å². The van der Waals surface area contributed by atoms with Crippen molar-refractivity contribution in [2.75, 3.05) is 11.9 Å². The summed E-state index contributed by atoms with van der Waals surface area (Å²) in [6.07, 6.45) is 1.83. The van der Waals surface area contributed by atoms with Gasteiger partial charge in [-0.15, -0.1) is 11.3 Å². The number of aromatic nitrogens is 1. The molecule has 96 valence electrons. The summed E-state index contributed by atoms with van der Waals surface area (Å²) in [5.41, 5.74) is 1.28. The van der Waals surface area contributed by atoms with Gasteiger partial charge in [0.25, 0.3) is 0 Å². The van der Waals surface area contributed by atoms with Crippen molar-refractivity contribution in [3.63, 3.8) is 0 Å². The van der Waals surface area contributed by atoms with Crippen LogP contribution in [0.4, 0.5) is 5.82 Å². The molecule has 2 aromatic rings. The van der Waals surface area contributed by atoms with E-state index in [4.69, 9.17) is 0 Å². The van der Waals surface area contributed by atoms with Gasteiger partial charge in [-0.3, -0.25) is 0 Å². The van der Waals surface area contributed by atoms with Gasteiger partial charge in [0, 0.05) is 27.5 Å². The molecular weight excluding hydrogens is 308 g/mol. The maximum atomic E-state index is 4.41. The molecule has 2 rings (SSSR count). The lowest BCUT2D eigenvalue weighted by Gasteiger charge is -2.24. The van der Waals surface area contributed by atoms with E-state index in [0.717, 1.165) is 22.4 Å².